The quantitative estimate of drug-likeness (QED) is 0.648. The van der Waals surface area contributed by atoms with Crippen LogP contribution in [-0.2, 0) is 13.0 Å². The van der Waals surface area contributed by atoms with E-state index in [1.165, 1.54) is 0 Å². The minimum Gasteiger partial charge on any atom is -0.369 e. The van der Waals surface area contributed by atoms with E-state index < -0.39 is 0 Å². The van der Waals surface area contributed by atoms with Crippen molar-refractivity contribution in [1.29, 1.82) is 0 Å². The molecule has 1 aromatic rings. The van der Waals surface area contributed by atoms with Crippen molar-refractivity contribution >= 4 is 5.95 Å². The molecule has 1 atom stereocenters. The topological polar surface area (TPSA) is 87.0 Å². The highest BCUT2D eigenvalue weighted by Crippen LogP contribution is 2.13. The van der Waals surface area contributed by atoms with Gasteiger partial charge in [-0.05, 0) is 27.1 Å². The fourth-order valence-corrected chi connectivity index (χ4v) is 2.08. The number of anilines is 1. The number of aromatic amines is 1. The maximum Gasteiger partial charge on any atom is 0.257 e. The lowest BCUT2D eigenvalue weighted by molar-refractivity contribution is 0.346. The molecule has 1 aromatic heterocycles. The van der Waals surface area contributed by atoms with E-state index in [2.05, 4.69) is 34.3 Å². The molecule has 0 fully saturated rings. The van der Waals surface area contributed by atoms with Gasteiger partial charge in [0.1, 0.15) is 0 Å². The van der Waals surface area contributed by atoms with E-state index in [0.29, 0.717) is 12.6 Å². The molecular weight excluding hydrogens is 218 g/mol. The van der Waals surface area contributed by atoms with Gasteiger partial charge in [-0.2, -0.15) is 0 Å². The fourth-order valence-electron chi connectivity index (χ4n) is 2.08. The molecule has 0 amide bonds. The first-order valence-electron chi connectivity index (χ1n) is 5.82. The third-order valence-electron chi connectivity index (χ3n) is 3.05. The predicted molar refractivity (Wildman–Crippen MR) is 66.8 cm³/mol. The summed E-state index contributed by atoms with van der Waals surface area (Å²) >= 11 is 0. The molecule has 0 aromatic carbocycles. The average molecular weight is 237 g/mol. The van der Waals surface area contributed by atoms with Crippen LogP contribution in [0.5, 0.6) is 0 Å². The minimum atomic E-state index is -0.119. The molecule has 1 aliphatic rings. The van der Waals surface area contributed by atoms with Crippen LogP contribution >= 0.6 is 0 Å². The molecule has 2 heterocycles. The van der Waals surface area contributed by atoms with Crippen molar-refractivity contribution in [1.82, 2.24) is 20.2 Å². The van der Waals surface area contributed by atoms with Gasteiger partial charge in [0.25, 0.3) is 5.56 Å². The van der Waals surface area contributed by atoms with E-state index in [4.69, 9.17) is 5.73 Å². The lowest BCUT2D eigenvalue weighted by atomic mass is 9.99. The summed E-state index contributed by atoms with van der Waals surface area (Å²) in [4.78, 5) is 20.5. The monoisotopic (exact) mass is 237 g/mol. The zero-order chi connectivity index (χ0) is 12.4. The van der Waals surface area contributed by atoms with Crippen LogP contribution in [0.2, 0.25) is 0 Å². The molecule has 1 aliphatic heterocycles. The van der Waals surface area contributed by atoms with Gasteiger partial charge in [-0.15, -0.1) is 0 Å². The van der Waals surface area contributed by atoms with Crippen molar-refractivity contribution in [2.24, 2.45) is 0 Å². The van der Waals surface area contributed by atoms with E-state index in [9.17, 15) is 4.79 Å². The number of nitrogens with zero attached hydrogens (tertiary/aromatic N) is 2. The Balaban J connectivity index is 2.10. The Morgan fingerprint density at radius 2 is 2.29 bits per heavy atom. The van der Waals surface area contributed by atoms with Gasteiger partial charge in [-0.25, -0.2) is 4.98 Å². The Kier molecular flexibility index (Phi) is 3.44. The van der Waals surface area contributed by atoms with Crippen LogP contribution in [0, 0.1) is 0 Å². The molecule has 17 heavy (non-hydrogen) atoms. The number of nitrogen functional groups attached to an aromatic ring is 1. The molecule has 4 N–H and O–H groups in total. The molecule has 0 spiro atoms. The first kappa shape index (κ1) is 12.1. The highest BCUT2D eigenvalue weighted by atomic mass is 16.1. The number of H-pyrrole nitrogens is 1. The summed E-state index contributed by atoms with van der Waals surface area (Å²) in [5.74, 6) is 0.210. The molecule has 0 bridgehead atoms. The molecule has 2 rings (SSSR count). The Hall–Kier alpha value is -1.40. The van der Waals surface area contributed by atoms with Crippen molar-refractivity contribution < 1.29 is 0 Å². The van der Waals surface area contributed by atoms with Gasteiger partial charge in [0.2, 0.25) is 5.95 Å². The highest BCUT2D eigenvalue weighted by Gasteiger charge is 2.21. The molecule has 6 heteroatoms. The van der Waals surface area contributed by atoms with E-state index >= 15 is 0 Å². The lowest BCUT2D eigenvalue weighted by Crippen LogP contribution is -2.41. The first-order chi connectivity index (χ1) is 8.06. The van der Waals surface area contributed by atoms with Crippen molar-refractivity contribution in [3.05, 3.63) is 21.6 Å². The summed E-state index contributed by atoms with van der Waals surface area (Å²) in [5, 5.41) is 3.36. The van der Waals surface area contributed by atoms with Crippen molar-refractivity contribution in [2.45, 2.75) is 25.4 Å². The van der Waals surface area contributed by atoms with E-state index in [1.807, 2.05) is 0 Å². The molecular formula is C11H19N5O. The summed E-state index contributed by atoms with van der Waals surface area (Å²) in [6, 6.07) is 0.374. The SMILES string of the molecule is CN(C)CCC1Cc2nc(N)[nH]c(=O)c2CN1. The van der Waals surface area contributed by atoms with Crippen LogP contribution in [0.25, 0.3) is 0 Å². The van der Waals surface area contributed by atoms with Crippen molar-refractivity contribution in [3.63, 3.8) is 0 Å². The molecule has 1 unspecified atom stereocenters. The van der Waals surface area contributed by atoms with E-state index in [0.717, 1.165) is 30.6 Å². The second-order valence-electron chi connectivity index (χ2n) is 4.75. The zero-order valence-corrected chi connectivity index (χ0v) is 10.3. The molecule has 0 saturated carbocycles. The van der Waals surface area contributed by atoms with Gasteiger partial charge in [-0.3, -0.25) is 9.78 Å². The van der Waals surface area contributed by atoms with Crippen LogP contribution in [0.1, 0.15) is 17.7 Å². The Morgan fingerprint density at radius 3 is 3.00 bits per heavy atom. The van der Waals surface area contributed by atoms with E-state index in [-0.39, 0.29) is 11.5 Å². The highest BCUT2D eigenvalue weighted by molar-refractivity contribution is 5.27. The minimum absolute atomic E-state index is 0.119. The smallest absolute Gasteiger partial charge is 0.257 e. The Bertz CT molecular complexity index is 454. The van der Waals surface area contributed by atoms with Gasteiger partial charge in [-0.1, -0.05) is 0 Å². The fraction of sp³-hybridized carbons (Fsp3) is 0.636. The second kappa shape index (κ2) is 4.85. The third kappa shape index (κ3) is 2.83. The van der Waals surface area contributed by atoms with Crippen molar-refractivity contribution in [2.75, 3.05) is 26.4 Å². The average Bonchev–Trinajstić information content (AvgIpc) is 2.25. The third-order valence-corrected chi connectivity index (χ3v) is 3.05. The van der Waals surface area contributed by atoms with Crippen LogP contribution < -0.4 is 16.6 Å². The maximum absolute atomic E-state index is 11.6. The van der Waals surface area contributed by atoms with Gasteiger partial charge < -0.3 is 16.0 Å². The normalized spacial score (nSPS) is 19.4. The molecule has 0 radical (unpaired) electrons. The van der Waals surface area contributed by atoms with Crippen LogP contribution in [-0.4, -0.2) is 41.5 Å². The maximum atomic E-state index is 11.6. The van der Waals surface area contributed by atoms with Crippen LogP contribution in [0.3, 0.4) is 0 Å². The second-order valence-corrected chi connectivity index (χ2v) is 4.75. The number of hydrogen-bond donors (Lipinski definition) is 3. The number of fused-ring (bicyclic) bond motifs is 1. The largest absolute Gasteiger partial charge is 0.369 e. The van der Waals surface area contributed by atoms with Crippen LogP contribution in [0.4, 0.5) is 5.95 Å². The number of aromatic nitrogens is 2. The van der Waals surface area contributed by atoms with Crippen molar-refractivity contribution in [3.8, 4) is 0 Å². The van der Waals surface area contributed by atoms with Crippen LogP contribution in [0.15, 0.2) is 4.79 Å². The zero-order valence-electron chi connectivity index (χ0n) is 10.3. The molecule has 94 valence electrons. The summed E-state index contributed by atoms with van der Waals surface area (Å²) in [6.07, 6.45) is 1.82. The number of nitrogens with one attached hydrogen (secondary N) is 2. The predicted octanol–water partition coefficient (Wildman–Crippen LogP) is -0.682. The van der Waals surface area contributed by atoms with Gasteiger partial charge in [0.05, 0.1) is 11.3 Å². The van der Waals surface area contributed by atoms with Gasteiger partial charge >= 0.3 is 0 Å². The number of hydrogen-bond acceptors (Lipinski definition) is 5. The summed E-state index contributed by atoms with van der Waals surface area (Å²) in [6.45, 7) is 1.60. The Labute approximate surface area is 100 Å². The van der Waals surface area contributed by atoms with E-state index in [1.54, 1.807) is 0 Å². The molecule has 0 aliphatic carbocycles. The first-order valence-corrected chi connectivity index (χ1v) is 5.82. The number of rotatable bonds is 3. The summed E-state index contributed by atoms with van der Waals surface area (Å²) in [5.41, 5.74) is 7.00. The molecule has 0 saturated heterocycles. The Morgan fingerprint density at radius 1 is 1.53 bits per heavy atom. The summed E-state index contributed by atoms with van der Waals surface area (Å²) < 4.78 is 0. The lowest BCUT2D eigenvalue weighted by Gasteiger charge is -2.25. The van der Waals surface area contributed by atoms with Gasteiger partial charge in [0, 0.05) is 19.0 Å². The number of nitrogens with two attached hydrogens (primary N) is 1. The molecule has 6 nitrogen and oxygen atoms in total. The summed E-state index contributed by atoms with van der Waals surface area (Å²) in [7, 11) is 4.11. The van der Waals surface area contributed by atoms with Gasteiger partial charge in [0.15, 0.2) is 0 Å². The standard InChI is InChI=1S/C11H19N5O/c1-16(2)4-3-7-5-9-8(6-13-7)10(17)15-11(12)14-9/h7,13H,3-6H2,1-2H3,(H3,12,14,15,17).